The van der Waals surface area contributed by atoms with Crippen LogP contribution in [0.15, 0.2) is 12.2 Å². The maximum absolute atomic E-state index is 10.1. The van der Waals surface area contributed by atoms with Gasteiger partial charge < -0.3 is 0 Å². The molecule has 0 atom stereocenters. The number of rotatable bonds is 5. The van der Waals surface area contributed by atoms with Crippen LogP contribution in [0.2, 0.25) is 0 Å². The molecule has 0 spiro atoms. The van der Waals surface area contributed by atoms with Gasteiger partial charge in [0.2, 0.25) is 0 Å². The van der Waals surface area contributed by atoms with Crippen LogP contribution < -0.4 is 0 Å². The van der Waals surface area contributed by atoms with Crippen LogP contribution >= 0.6 is 0 Å². The van der Waals surface area contributed by atoms with E-state index in [1.807, 2.05) is 0 Å². The summed E-state index contributed by atoms with van der Waals surface area (Å²) in [6.45, 7) is 7.97. The van der Waals surface area contributed by atoms with E-state index in [0.717, 1.165) is 30.6 Å². The zero-order valence-corrected chi connectivity index (χ0v) is 6.89. The number of aldehydes is 1. The first-order valence-electron chi connectivity index (χ1n) is 3.79. The first kappa shape index (κ1) is 9.41. The first-order chi connectivity index (χ1) is 4.66. The molecule has 0 saturated heterocycles. The lowest BCUT2D eigenvalue weighted by Gasteiger charge is -2.01. The molecule has 10 heavy (non-hydrogen) atoms. The monoisotopic (exact) mass is 140 g/mol. The van der Waals surface area contributed by atoms with E-state index in [2.05, 4.69) is 20.4 Å². The molecule has 0 aliphatic heterocycles. The van der Waals surface area contributed by atoms with Crippen molar-refractivity contribution in [3.05, 3.63) is 12.2 Å². The minimum Gasteiger partial charge on any atom is -0.298 e. The molecule has 0 fully saturated rings. The van der Waals surface area contributed by atoms with Crippen LogP contribution in [-0.4, -0.2) is 6.29 Å². The van der Waals surface area contributed by atoms with Crippen LogP contribution in [0.3, 0.4) is 0 Å². The number of hydrogen-bond acceptors (Lipinski definition) is 1. The summed E-state index contributed by atoms with van der Waals surface area (Å²) in [6, 6.07) is 0. The van der Waals surface area contributed by atoms with Gasteiger partial charge in [0.25, 0.3) is 0 Å². The fourth-order valence-corrected chi connectivity index (χ4v) is 0.796. The first-order valence-corrected chi connectivity index (χ1v) is 3.79. The Kier molecular flexibility index (Phi) is 4.91. The van der Waals surface area contributed by atoms with Gasteiger partial charge in [-0.3, -0.25) is 4.79 Å². The zero-order valence-electron chi connectivity index (χ0n) is 6.89. The molecule has 1 nitrogen and oxygen atoms in total. The van der Waals surface area contributed by atoms with Crippen molar-refractivity contribution >= 4 is 6.29 Å². The fourth-order valence-electron chi connectivity index (χ4n) is 0.796. The molecule has 0 aromatic heterocycles. The molecule has 0 bridgehead atoms. The van der Waals surface area contributed by atoms with Crippen LogP contribution in [-0.2, 0) is 4.79 Å². The average molecular weight is 140 g/mol. The van der Waals surface area contributed by atoms with Crippen molar-refractivity contribution in [2.24, 2.45) is 5.92 Å². The Balaban J connectivity index is 3.19. The zero-order chi connectivity index (χ0) is 7.98. The van der Waals surface area contributed by atoms with Gasteiger partial charge in [-0.05, 0) is 24.3 Å². The summed E-state index contributed by atoms with van der Waals surface area (Å²) in [4.78, 5) is 10.1. The number of hydrogen-bond donors (Lipinski definition) is 0. The van der Waals surface area contributed by atoms with Gasteiger partial charge in [-0.25, -0.2) is 0 Å². The van der Waals surface area contributed by atoms with E-state index in [0.29, 0.717) is 0 Å². The molecule has 0 aromatic carbocycles. The maximum Gasteiger partial charge on any atom is 0.145 e. The van der Waals surface area contributed by atoms with Gasteiger partial charge in [0, 0.05) is 0 Å². The van der Waals surface area contributed by atoms with E-state index >= 15 is 0 Å². The Morgan fingerprint density at radius 3 is 2.60 bits per heavy atom. The normalized spacial score (nSPS) is 9.90. The lowest BCUT2D eigenvalue weighted by Crippen LogP contribution is -1.88. The van der Waals surface area contributed by atoms with E-state index in [1.54, 1.807) is 0 Å². The molecule has 0 N–H and O–H groups in total. The molecule has 1 heteroatoms. The van der Waals surface area contributed by atoms with Gasteiger partial charge in [0.15, 0.2) is 0 Å². The van der Waals surface area contributed by atoms with Gasteiger partial charge in [-0.2, -0.15) is 0 Å². The standard InChI is InChI=1S/C9H16O/c1-8(2)5-4-6-9(3)7-10/h7-8H,3-6H2,1-2H3. The lowest BCUT2D eigenvalue weighted by atomic mass is 10.0. The molecule has 58 valence electrons. The highest BCUT2D eigenvalue weighted by molar-refractivity contribution is 5.71. The Morgan fingerprint density at radius 2 is 2.20 bits per heavy atom. The smallest absolute Gasteiger partial charge is 0.145 e. The lowest BCUT2D eigenvalue weighted by molar-refractivity contribution is -0.105. The predicted molar refractivity (Wildman–Crippen MR) is 43.9 cm³/mol. The minimum absolute atomic E-state index is 0.723. The number of allylic oxidation sites excluding steroid dienone is 1. The topological polar surface area (TPSA) is 17.1 Å². The molecule has 0 aliphatic rings. The summed E-state index contributed by atoms with van der Waals surface area (Å²) in [5, 5.41) is 0. The summed E-state index contributed by atoms with van der Waals surface area (Å²) in [6.07, 6.45) is 3.99. The van der Waals surface area contributed by atoms with Gasteiger partial charge in [-0.1, -0.05) is 26.8 Å². The van der Waals surface area contributed by atoms with Crippen molar-refractivity contribution in [1.82, 2.24) is 0 Å². The molecule has 0 aromatic rings. The van der Waals surface area contributed by atoms with Gasteiger partial charge in [-0.15, -0.1) is 0 Å². The molecule has 0 rings (SSSR count). The molecular weight excluding hydrogens is 124 g/mol. The molecule has 0 amide bonds. The maximum atomic E-state index is 10.1. The average Bonchev–Trinajstić information content (AvgIpc) is 1.87. The Labute approximate surface area is 63.1 Å². The number of carbonyl (C=O) groups is 1. The molecular formula is C9H16O. The van der Waals surface area contributed by atoms with Crippen LogP contribution in [0.25, 0.3) is 0 Å². The second kappa shape index (κ2) is 5.21. The van der Waals surface area contributed by atoms with Crippen LogP contribution in [0.5, 0.6) is 0 Å². The van der Waals surface area contributed by atoms with E-state index in [4.69, 9.17) is 0 Å². The van der Waals surface area contributed by atoms with E-state index in [-0.39, 0.29) is 0 Å². The molecule has 0 radical (unpaired) electrons. The van der Waals surface area contributed by atoms with Crippen LogP contribution in [0.1, 0.15) is 33.1 Å². The van der Waals surface area contributed by atoms with Crippen LogP contribution in [0.4, 0.5) is 0 Å². The molecule has 0 unspecified atom stereocenters. The Bertz CT molecular complexity index is 114. The van der Waals surface area contributed by atoms with Crippen molar-refractivity contribution in [3.63, 3.8) is 0 Å². The summed E-state index contributed by atoms with van der Waals surface area (Å²) < 4.78 is 0. The Morgan fingerprint density at radius 1 is 1.60 bits per heavy atom. The second-order valence-electron chi connectivity index (χ2n) is 3.06. The highest BCUT2D eigenvalue weighted by atomic mass is 16.1. The fraction of sp³-hybridized carbons (Fsp3) is 0.667. The van der Waals surface area contributed by atoms with Gasteiger partial charge in [0.1, 0.15) is 6.29 Å². The van der Waals surface area contributed by atoms with Crippen LogP contribution in [0, 0.1) is 5.92 Å². The van der Waals surface area contributed by atoms with Crippen molar-refractivity contribution in [2.45, 2.75) is 33.1 Å². The van der Waals surface area contributed by atoms with Crippen molar-refractivity contribution in [2.75, 3.05) is 0 Å². The van der Waals surface area contributed by atoms with Gasteiger partial charge >= 0.3 is 0 Å². The second-order valence-corrected chi connectivity index (χ2v) is 3.06. The van der Waals surface area contributed by atoms with Crippen molar-refractivity contribution in [1.29, 1.82) is 0 Å². The predicted octanol–water partition coefficient (Wildman–Crippen LogP) is 2.57. The molecule has 0 heterocycles. The van der Waals surface area contributed by atoms with Crippen molar-refractivity contribution in [3.8, 4) is 0 Å². The van der Waals surface area contributed by atoms with Gasteiger partial charge in [0.05, 0.1) is 0 Å². The largest absolute Gasteiger partial charge is 0.298 e. The van der Waals surface area contributed by atoms with E-state index < -0.39 is 0 Å². The third-order valence-electron chi connectivity index (χ3n) is 1.45. The third kappa shape index (κ3) is 5.54. The number of carbonyl (C=O) groups excluding carboxylic acids is 1. The highest BCUT2D eigenvalue weighted by Gasteiger charge is 1.95. The summed E-state index contributed by atoms with van der Waals surface area (Å²) >= 11 is 0. The summed E-state index contributed by atoms with van der Waals surface area (Å²) in [7, 11) is 0. The Hall–Kier alpha value is -0.590. The SMILES string of the molecule is C=C(C=O)CCCC(C)C. The van der Waals surface area contributed by atoms with E-state index in [1.165, 1.54) is 6.42 Å². The third-order valence-corrected chi connectivity index (χ3v) is 1.45. The summed E-state index contributed by atoms with van der Waals surface area (Å²) in [5.41, 5.74) is 0.723. The molecule has 0 saturated carbocycles. The van der Waals surface area contributed by atoms with Crippen molar-refractivity contribution < 1.29 is 4.79 Å². The minimum atomic E-state index is 0.723. The summed E-state index contributed by atoms with van der Waals surface area (Å²) in [5.74, 6) is 0.736. The molecule has 0 aliphatic carbocycles. The quantitative estimate of drug-likeness (QED) is 0.423. The highest BCUT2D eigenvalue weighted by Crippen LogP contribution is 2.08. The van der Waals surface area contributed by atoms with E-state index in [9.17, 15) is 4.79 Å².